The first-order valence-electron chi connectivity index (χ1n) is 4.68. The average Bonchev–Trinajstić information content (AvgIpc) is 2.54. The van der Waals surface area contributed by atoms with Crippen molar-refractivity contribution in [1.82, 2.24) is 0 Å². The van der Waals surface area contributed by atoms with Crippen molar-refractivity contribution in [2.75, 3.05) is 6.54 Å². The van der Waals surface area contributed by atoms with Crippen LogP contribution in [0.15, 0.2) is 13.6 Å². The van der Waals surface area contributed by atoms with E-state index in [4.69, 9.17) is 10.5 Å². The van der Waals surface area contributed by atoms with Crippen LogP contribution in [0.25, 0.3) is 0 Å². The molecule has 7 nitrogen and oxygen atoms in total. The minimum absolute atomic E-state index is 0.118. The highest BCUT2D eigenvalue weighted by atomic mass is 16.6. The molecule has 1 atom stereocenters. The van der Waals surface area contributed by atoms with Gasteiger partial charge in [-0.25, -0.2) is 9.59 Å². The Labute approximate surface area is 90.8 Å². The first kappa shape index (κ1) is 12.5. The van der Waals surface area contributed by atoms with Crippen molar-refractivity contribution >= 4 is 5.97 Å². The van der Waals surface area contributed by atoms with E-state index in [1.807, 2.05) is 0 Å². The van der Waals surface area contributed by atoms with E-state index in [0.29, 0.717) is 0 Å². The van der Waals surface area contributed by atoms with Crippen LogP contribution in [-0.4, -0.2) is 23.7 Å². The lowest BCUT2D eigenvalue weighted by molar-refractivity contribution is -0.155. The van der Waals surface area contributed by atoms with Gasteiger partial charge in [0.05, 0.1) is 0 Å². The smallest absolute Gasteiger partial charge is 0.455 e. The summed E-state index contributed by atoms with van der Waals surface area (Å²) in [7, 11) is 0. The van der Waals surface area contributed by atoms with E-state index >= 15 is 0 Å². The van der Waals surface area contributed by atoms with Crippen LogP contribution in [0.3, 0.4) is 0 Å². The topological polar surface area (TPSA) is 116 Å². The number of hydrogen-bond acceptors (Lipinski definition) is 7. The number of aryl methyl sites for hydroxylation is 1. The fourth-order valence-electron chi connectivity index (χ4n) is 1.01. The highest BCUT2D eigenvalue weighted by Gasteiger charge is 2.17. The largest absolute Gasteiger partial charge is 0.519 e. The molecule has 90 valence electrons. The van der Waals surface area contributed by atoms with Crippen molar-refractivity contribution in [2.45, 2.75) is 26.1 Å². The number of esters is 1. The van der Waals surface area contributed by atoms with Gasteiger partial charge in [-0.2, -0.15) is 0 Å². The minimum atomic E-state index is -1.26. The Kier molecular flexibility index (Phi) is 4.27. The Morgan fingerprint density at radius 3 is 2.75 bits per heavy atom. The number of aliphatic hydroxyl groups is 1. The molecule has 16 heavy (non-hydrogen) atoms. The van der Waals surface area contributed by atoms with Crippen LogP contribution in [0.4, 0.5) is 0 Å². The van der Waals surface area contributed by atoms with Gasteiger partial charge >= 0.3 is 11.8 Å². The van der Waals surface area contributed by atoms with Crippen molar-refractivity contribution < 1.29 is 23.5 Å². The Hall–Kier alpha value is -1.60. The van der Waals surface area contributed by atoms with Crippen LogP contribution in [-0.2, 0) is 16.1 Å². The predicted octanol–water partition coefficient (Wildman–Crippen LogP) is -0.706. The maximum absolute atomic E-state index is 11.1. The molecule has 0 saturated carbocycles. The molecule has 0 aliphatic rings. The summed E-state index contributed by atoms with van der Waals surface area (Å²) >= 11 is 0. The van der Waals surface area contributed by atoms with E-state index in [9.17, 15) is 14.7 Å². The molecule has 1 heterocycles. The van der Waals surface area contributed by atoms with Crippen LogP contribution < -0.4 is 11.6 Å². The van der Waals surface area contributed by atoms with Gasteiger partial charge in [-0.1, -0.05) is 0 Å². The quantitative estimate of drug-likeness (QED) is 0.643. The zero-order chi connectivity index (χ0) is 12.1. The molecule has 0 fully saturated rings. The average molecular weight is 231 g/mol. The summed E-state index contributed by atoms with van der Waals surface area (Å²) in [6, 6.07) is 0. The van der Waals surface area contributed by atoms with E-state index in [1.165, 1.54) is 6.92 Å². The van der Waals surface area contributed by atoms with Crippen LogP contribution in [0.5, 0.6) is 0 Å². The van der Waals surface area contributed by atoms with Gasteiger partial charge in [-0.05, 0) is 19.9 Å². The number of ether oxygens (including phenoxy) is 1. The molecular formula is C9H13NO6. The maximum atomic E-state index is 11.1. The molecule has 1 aromatic heterocycles. The highest BCUT2D eigenvalue weighted by Crippen LogP contribution is 2.07. The maximum Gasteiger partial charge on any atom is 0.519 e. The van der Waals surface area contributed by atoms with E-state index in [1.54, 1.807) is 0 Å². The molecule has 0 radical (unpaired) electrons. The number of aliphatic hydroxyl groups excluding tert-OH is 1. The lowest BCUT2D eigenvalue weighted by Crippen LogP contribution is -2.25. The molecule has 1 aromatic rings. The molecule has 0 amide bonds. The van der Waals surface area contributed by atoms with E-state index in [-0.39, 0.29) is 31.1 Å². The Bertz CT molecular complexity index is 406. The van der Waals surface area contributed by atoms with Gasteiger partial charge in [-0.3, -0.25) is 0 Å². The fourth-order valence-corrected chi connectivity index (χ4v) is 1.01. The number of carbonyl (C=O) groups excluding carboxylic acids is 1. The van der Waals surface area contributed by atoms with Gasteiger partial charge in [0.15, 0.2) is 24.2 Å². The number of hydrogen-bond donors (Lipinski definition) is 2. The summed E-state index contributed by atoms with van der Waals surface area (Å²) in [5, 5.41) is 9.20. The molecule has 0 spiro atoms. The summed E-state index contributed by atoms with van der Waals surface area (Å²) in [5.74, 6) is -1.30. The van der Waals surface area contributed by atoms with Crippen molar-refractivity contribution in [3.63, 3.8) is 0 Å². The summed E-state index contributed by atoms with van der Waals surface area (Å²) in [5.41, 5.74) is 5.16. The molecule has 7 heteroatoms. The number of rotatable bonds is 5. The monoisotopic (exact) mass is 231 g/mol. The van der Waals surface area contributed by atoms with E-state index < -0.39 is 17.9 Å². The second kappa shape index (κ2) is 5.47. The lowest BCUT2D eigenvalue weighted by atomic mass is 10.2. The molecular weight excluding hydrogens is 218 g/mol. The fraction of sp³-hybridized carbons (Fsp3) is 0.556. The number of nitrogens with two attached hydrogens (primary N) is 1. The molecule has 0 aromatic carbocycles. The first-order chi connectivity index (χ1) is 7.54. The van der Waals surface area contributed by atoms with Crippen LogP contribution in [0.2, 0.25) is 0 Å². The van der Waals surface area contributed by atoms with Crippen LogP contribution >= 0.6 is 0 Å². The second-order valence-corrected chi connectivity index (χ2v) is 3.13. The molecule has 0 bridgehead atoms. The van der Waals surface area contributed by atoms with Crippen molar-refractivity contribution in [3.05, 3.63) is 22.1 Å². The van der Waals surface area contributed by atoms with Gasteiger partial charge in [0.25, 0.3) is 0 Å². The zero-order valence-corrected chi connectivity index (χ0v) is 8.76. The molecule has 0 aliphatic carbocycles. The zero-order valence-electron chi connectivity index (χ0n) is 8.76. The van der Waals surface area contributed by atoms with Crippen LogP contribution in [0.1, 0.15) is 17.9 Å². The third-order valence-corrected chi connectivity index (χ3v) is 1.89. The molecule has 1 rings (SSSR count). The van der Waals surface area contributed by atoms with E-state index in [0.717, 1.165) is 0 Å². The standard InChI is InChI=1S/C9H13NO6/c1-5-7(16-9(13)15-5)4-14-8(12)6(11)2-3-10/h6,11H,2-4,10H2,1H3. The number of carbonyl (C=O) groups is 1. The van der Waals surface area contributed by atoms with Gasteiger partial charge in [0.2, 0.25) is 0 Å². The molecule has 0 aliphatic heterocycles. The van der Waals surface area contributed by atoms with Gasteiger partial charge in [0, 0.05) is 0 Å². The van der Waals surface area contributed by atoms with Gasteiger partial charge in [0.1, 0.15) is 0 Å². The predicted molar refractivity (Wildman–Crippen MR) is 51.5 cm³/mol. The minimum Gasteiger partial charge on any atom is -0.455 e. The molecule has 0 saturated heterocycles. The second-order valence-electron chi connectivity index (χ2n) is 3.13. The molecule has 1 unspecified atom stereocenters. The third kappa shape index (κ3) is 3.21. The van der Waals surface area contributed by atoms with Gasteiger partial charge in [-0.15, -0.1) is 0 Å². The normalized spacial score (nSPS) is 12.4. The third-order valence-electron chi connectivity index (χ3n) is 1.89. The van der Waals surface area contributed by atoms with Crippen LogP contribution in [0, 0.1) is 6.92 Å². The highest BCUT2D eigenvalue weighted by molar-refractivity contribution is 5.74. The molecule has 3 N–H and O–H groups in total. The Morgan fingerprint density at radius 1 is 1.56 bits per heavy atom. The van der Waals surface area contributed by atoms with E-state index in [2.05, 4.69) is 8.83 Å². The van der Waals surface area contributed by atoms with Crippen molar-refractivity contribution in [3.8, 4) is 0 Å². The summed E-state index contributed by atoms with van der Waals surface area (Å²) in [6.07, 6.45) is -1.14. The summed E-state index contributed by atoms with van der Waals surface area (Å²) in [4.78, 5) is 21.8. The Morgan fingerprint density at radius 2 is 2.25 bits per heavy atom. The van der Waals surface area contributed by atoms with Crippen molar-refractivity contribution in [2.24, 2.45) is 5.73 Å². The first-order valence-corrected chi connectivity index (χ1v) is 4.68. The van der Waals surface area contributed by atoms with Crippen molar-refractivity contribution in [1.29, 1.82) is 0 Å². The lowest BCUT2D eigenvalue weighted by Gasteiger charge is -2.07. The summed E-state index contributed by atoms with van der Waals surface area (Å²) < 4.78 is 13.9. The Balaban J connectivity index is 2.48. The SMILES string of the molecule is Cc1oc(=O)oc1COC(=O)C(O)CCN. The van der Waals surface area contributed by atoms with Gasteiger partial charge < -0.3 is 24.4 Å². The summed E-state index contributed by atoms with van der Waals surface area (Å²) in [6.45, 7) is 1.43.